The molecule has 1 saturated heterocycles. The summed E-state index contributed by atoms with van der Waals surface area (Å²) in [6, 6.07) is 9.59. The predicted octanol–water partition coefficient (Wildman–Crippen LogP) is -0.358. The average Bonchev–Trinajstić information content (AvgIpc) is 2.59. The van der Waals surface area contributed by atoms with Crippen LogP contribution in [0, 0.1) is 0 Å². The molecule has 0 aliphatic carbocycles. The molecule has 94 valence electrons. The summed E-state index contributed by atoms with van der Waals surface area (Å²) in [5.74, 6) is 0. The Hall–Kier alpha value is -0.980. The highest BCUT2D eigenvalue weighted by Gasteiger charge is 2.41. The summed E-state index contributed by atoms with van der Waals surface area (Å²) in [7, 11) is 0. The number of aliphatic hydroxyl groups excluding tert-OH is 3. The van der Waals surface area contributed by atoms with E-state index in [2.05, 4.69) is 0 Å². The van der Waals surface area contributed by atoms with Crippen LogP contribution in [0.1, 0.15) is 5.56 Å². The van der Waals surface area contributed by atoms with Gasteiger partial charge in [-0.1, -0.05) is 30.3 Å². The molecule has 1 aliphatic rings. The van der Waals surface area contributed by atoms with Gasteiger partial charge in [-0.05, 0) is 5.56 Å². The Bertz CT molecular complexity index is 342. The Morgan fingerprint density at radius 2 is 1.76 bits per heavy atom. The molecule has 0 saturated carbocycles. The van der Waals surface area contributed by atoms with E-state index in [1.54, 1.807) is 0 Å². The van der Waals surface area contributed by atoms with Crippen molar-refractivity contribution in [1.82, 2.24) is 0 Å². The van der Waals surface area contributed by atoms with Gasteiger partial charge < -0.3 is 24.8 Å². The van der Waals surface area contributed by atoms with Crippen molar-refractivity contribution >= 4 is 0 Å². The van der Waals surface area contributed by atoms with Crippen LogP contribution in [0.2, 0.25) is 0 Å². The van der Waals surface area contributed by atoms with Crippen molar-refractivity contribution in [1.29, 1.82) is 0 Å². The number of aliphatic hydroxyl groups is 3. The SMILES string of the molecule is O[C@@H]1[C@@H](O)[C@H](COCc2ccccc2)O[C@H]1O. The molecule has 1 aromatic carbocycles. The van der Waals surface area contributed by atoms with Crippen molar-refractivity contribution < 1.29 is 24.8 Å². The molecule has 5 nitrogen and oxygen atoms in total. The lowest BCUT2D eigenvalue weighted by Crippen LogP contribution is -2.34. The number of benzene rings is 1. The summed E-state index contributed by atoms with van der Waals surface area (Å²) >= 11 is 0. The predicted molar refractivity (Wildman–Crippen MR) is 59.0 cm³/mol. The second kappa shape index (κ2) is 5.57. The van der Waals surface area contributed by atoms with E-state index in [4.69, 9.17) is 14.6 Å². The summed E-state index contributed by atoms with van der Waals surface area (Å²) < 4.78 is 10.3. The molecule has 2 rings (SSSR count). The van der Waals surface area contributed by atoms with E-state index in [0.717, 1.165) is 5.56 Å². The van der Waals surface area contributed by atoms with Crippen molar-refractivity contribution in [2.45, 2.75) is 31.2 Å². The number of hydrogen-bond acceptors (Lipinski definition) is 5. The van der Waals surface area contributed by atoms with E-state index in [-0.39, 0.29) is 6.61 Å². The molecule has 1 aliphatic heterocycles. The average molecular weight is 240 g/mol. The largest absolute Gasteiger partial charge is 0.387 e. The quantitative estimate of drug-likeness (QED) is 0.670. The van der Waals surface area contributed by atoms with Gasteiger partial charge in [-0.3, -0.25) is 0 Å². The van der Waals surface area contributed by atoms with Gasteiger partial charge in [0.05, 0.1) is 13.2 Å². The highest BCUT2D eigenvalue weighted by molar-refractivity contribution is 5.13. The van der Waals surface area contributed by atoms with Gasteiger partial charge in [-0.2, -0.15) is 0 Å². The van der Waals surface area contributed by atoms with Gasteiger partial charge >= 0.3 is 0 Å². The van der Waals surface area contributed by atoms with Gasteiger partial charge in [0.1, 0.15) is 18.3 Å². The fourth-order valence-corrected chi connectivity index (χ4v) is 1.73. The smallest absolute Gasteiger partial charge is 0.184 e. The number of hydrogen-bond donors (Lipinski definition) is 3. The summed E-state index contributed by atoms with van der Waals surface area (Å²) in [4.78, 5) is 0. The Morgan fingerprint density at radius 1 is 1.06 bits per heavy atom. The van der Waals surface area contributed by atoms with Crippen LogP contribution in [-0.4, -0.2) is 46.5 Å². The summed E-state index contributed by atoms with van der Waals surface area (Å²) in [5.41, 5.74) is 1.01. The molecule has 0 unspecified atom stereocenters. The molecular formula is C12H16O5. The fraction of sp³-hybridized carbons (Fsp3) is 0.500. The highest BCUT2D eigenvalue weighted by atomic mass is 16.7. The first-order valence-electron chi connectivity index (χ1n) is 5.50. The molecule has 0 spiro atoms. The second-order valence-corrected chi connectivity index (χ2v) is 4.05. The Kier molecular flexibility index (Phi) is 4.09. The molecule has 0 bridgehead atoms. The molecule has 0 amide bonds. The van der Waals surface area contributed by atoms with Crippen molar-refractivity contribution in [3.05, 3.63) is 35.9 Å². The van der Waals surface area contributed by atoms with Gasteiger partial charge in [0.2, 0.25) is 0 Å². The molecule has 1 fully saturated rings. The highest BCUT2D eigenvalue weighted by Crippen LogP contribution is 2.19. The maximum atomic E-state index is 9.51. The lowest BCUT2D eigenvalue weighted by molar-refractivity contribution is -0.137. The molecule has 4 atom stereocenters. The normalized spacial score (nSPS) is 32.9. The van der Waals surface area contributed by atoms with Crippen LogP contribution in [0.5, 0.6) is 0 Å². The van der Waals surface area contributed by atoms with E-state index >= 15 is 0 Å². The summed E-state index contributed by atoms with van der Waals surface area (Å²) in [6.45, 7) is 0.532. The topological polar surface area (TPSA) is 79.2 Å². The van der Waals surface area contributed by atoms with E-state index in [1.807, 2.05) is 30.3 Å². The van der Waals surface area contributed by atoms with E-state index < -0.39 is 24.6 Å². The van der Waals surface area contributed by atoms with Crippen molar-refractivity contribution in [3.8, 4) is 0 Å². The van der Waals surface area contributed by atoms with Crippen molar-refractivity contribution in [3.63, 3.8) is 0 Å². The first-order chi connectivity index (χ1) is 8.18. The Labute approximate surface area is 99.2 Å². The van der Waals surface area contributed by atoms with Crippen LogP contribution in [0.15, 0.2) is 30.3 Å². The molecule has 1 heterocycles. The van der Waals surface area contributed by atoms with E-state index in [1.165, 1.54) is 0 Å². The van der Waals surface area contributed by atoms with E-state index in [9.17, 15) is 10.2 Å². The van der Waals surface area contributed by atoms with Crippen molar-refractivity contribution in [2.24, 2.45) is 0 Å². The van der Waals surface area contributed by atoms with Crippen LogP contribution in [-0.2, 0) is 16.1 Å². The first kappa shape index (κ1) is 12.5. The van der Waals surface area contributed by atoms with Gasteiger partial charge in [0.25, 0.3) is 0 Å². The van der Waals surface area contributed by atoms with Crippen LogP contribution in [0.25, 0.3) is 0 Å². The molecular weight excluding hydrogens is 224 g/mol. The van der Waals surface area contributed by atoms with Crippen LogP contribution in [0.4, 0.5) is 0 Å². The third-order valence-electron chi connectivity index (χ3n) is 2.73. The van der Waals surface area contributed by atoms with Crippen LogP contribution in [0.3, 0.4) is 0 Å². The second-order valence-electron chi connectivity index (χ2n) is 4.05. The standard InChI is InChI=1S/C12H16O5/c13-10-9(17-12(15)11(10)14)7-16-6-8-4-2-1-3-5-8/h1-5,9-15H,6-7H2/t9-,10-,11+,12+/m0/s1. The summed E-state index contributed by atoms with van der Waals surface area (Å²) in [5, 5.41) is 27.9. The van der Waals surface area contributed by atoms with Gasteiger partial charge in [-0.15, -0.1) is 0 Å². The first-order valence-corrected chi connectivity index (χ1v) is 5.50. The zero-order valence-electron chi connectivity index (χ0n) is 9.27. The zero-order valence-corrected chi connectivity index (χ0v) is 9.27. The molecule has 0 radical (unpaired) electrons. The maximum absolute atomic E-state index is 9.51. The maximum Gasteiger partial charge on any atom is 0.184 e. The minimum absolute atomic E-state index is 0.129. The number of ether oxygens (including phenoxy) is 2. The minimum Gasteiger partial charge on any atom is -0.387 e. The number of rotatable bonds is 4. The Balaban J connectivity index is 1.76. The van der Waals surface area contributed by atoms with E-state index in [0.29, 0.717) is 6.61 Å². The molecule has 5 heteroatoms. The minimum atomic E-state index is -1.34. The lowest BCUT2D eigenvalue weighted by Gasteiger charge is -2.14. The molecule has 3 N–H and O–H groups in total. The fourth-order valence-electron chi connectivity index (χ4n) is 1.73. The summed E-state index contributed by atoms with van der Waals surface area (Å²) in [6.07, 6.45) is -4.40. The third-order valence-corrected chi connectivity index (χ3v) is 2.73. The molecule has 0 aromatic heterocycles. The monoisotopic (exact) mass is 240 g/mol. The van der Waals surface area contributed by atoms with Crippen molar-refractivity contribution in [2.75, 3.05) is 6.61 Å². The Morgan fingerprint density at radius 3 is 2.35 bits per heavy atom. The van der Waals surface area contributed by atoms with Gasteiger partial charge in [0, 0.05) is 0 Å². The van der Waals surface area contributed by atoms with Crippen LogP contribution >= 0.6 is 0 Å². The lowest BCUT2D eigenvalue weighted by atomic mass is 10.1. The molecule has 17 heavy (non-hydrogen) atoms. The zero-order chi connectivity index (χ0) is 12.3. The van der Waals surface area contributed by atoms with Gasteiger partial charge in [0.15, 0.2) is 6.29 Å². The van der Waals surface area contributed by atoms with Crippen LogP contribution < -0.4 is 0 Å². The molecule has 1 aromatic rings. The third kappa shape index (κ3) is 3.02. The van der Waals surface area contributed by atoms with Gasteiger partial charge in [-0.25, -0.2) is 0 Å².